The summed E-state index contributed by atoms with van der Waals surface area (Å²) in [4.78, 5) is 15.4. The van der Waals surface area contributed by atoms with Gasteiger partial charge in [-0.25, -0.2) is 4.98 Å². The summed E-state index contributed by atoms with van der Waals surface area (Å²) in [5, 5.41) is 5.03. The van der Waals surface area contributed by atoms with Gasteiger partial charge >= 0.3 is 0 Å². The number of nitrogens with one attached hydrogen (secondary N) is 1. The lowest BCUT2D eigenvalue weighted by atomic mass is 10.3. The summed E-state index contributed by atoms with van der Waals surface area (Å²) >= 11 is 1.42. The predicted molar refractivity (Wildman–Crippen MR) is 53.2 cm³/mol. The molecule has 0 aliphatic rings. The summed E-state index contributed by atoms with van der Waals surface area (Å²) in [6.07, 6.45) is 3.18. The van der Waals surface area contributed by atoms with Gasteiger partial charge in [-0.15, -0.1) is 11.3 Å². The number of carbonyl (C=O) groups is 1. The molecule has 0 aliphatic carbocycles. The molecule has 0 aliphatic heterocycles. The SMILES string of the molecule is CNC(=O)c1csc(-c2ccoc2)n1. The minimum Gasteiger partial charge on any atom is -0.472 e. The maximum absolute atomic E-state index is 11.2. The average molecular weight is 208 g/mol. The van der Waals surface area contributed by atoms with Crippen LogP contribution in [0.4, 0.5) is 0 Å². The van der Waals surface area contributed by atoms with Crippen LogP contribution in [0.25, 0.3) is 10.6 Å². The van der Waals surface area contributed by atoms with Crippen LogP contribution in [-0.2, 0) is 0 Å². The van der Waals surface area contributed by atoms with Crippen LogP contribution in [0, 0.1) is 0 Å². The van der Waals surface area contributed by atoms with Crippen LogP contribution < -0.4 is 5.32 Å². The summed E-state index contributed by atoms with van der Waals surface area (Å²) < 4.78 is 4.93. The number of hydrogen-bond donors (Lipinski definition) is 1. The van der Waals surface area contributed by atoms with Crippen molar-refractivity contribution in [3.05, 3.63) is 29.7 Å². The minimum atomic E-state index is -0.170. The number of thiazole rings is 1. The normalized spacial score (nSPS) is 10.1. The van der Waals surface area contributed by atoms with E-state index in [4.69, 9.17) is 4.42 Å². The lowest BCUT2D eigenvalue weighted by Gasteiger charge is -1.91. The van der Waals surface area contributed by atoms with E-state index in [1.807, 2.05) is 6.07 Å². The molecule has 0 saturated heterocycles. The molecule has 0 aromatic carbocycles. The van der Waals surface area contributed by atoms with Gasteiger partial charge in [0.25, 0.3) is 5.91 Å². The van der Waals surface area contributed by atoms with E-state index >= 15 is 0 Å². The Bertz CT molecular complexity index is 433. The quantitative estimate of drug-likeness (QED) is 0.818. The van der Waals surface area contributed by atoms with Crippen molar-refractivity contribution in [1.82, 2.24) is 10.3 Å². The Labute approximate surface area is 84.6 Å². The molecule has 0 spiro atoms. The fourth-order valence-corrected chi connectivity index (χ4v) is 1.81. The smallest absolute Gasteiger partial charge is 0.270 e. The van der Waals surface area contributed by atoms with Gasteiger partial charge in [0.05, 0.1) is 6.26 Å². The summed E-state index contributed by atoms with van der Waals surface area (Å²) in [5.74, 6) is -0.170. The van der Waals surface area contributed by atoms with Gasteiger partial charge in [-0.3, -0.25) is 4.79 Å². The van der Waals surface area contributed by atoms with Crippen LogP contribution in [0.3, 0.4) is 0 Å². The van der Waals surface area contributed by atoms with Crippen molar-refractivity contribution >= 4 is 17.2 Å². The Morgan fingerprint density at radius 1 is 1.64 bits per heavy atom. The molecule has 0 radical (unpaired) electrons. The van der Waals surface area contributed by atoms with Crippen LogP contribution >= 0.6 is 11.3 Å². The van der Waals surface area contributed by atoms with Gasteiger partial charge in [-0.1, -0.05) is 0 Å². The van der Waals surface area contributed by atoms with Crippen molar-refractivity contribution in [2.75, 3.05) is 7.05 Å². The van der Waals surface area contributed by atoms with Crippen LogP contribution in [0.5, 0.6) is 0 Å². The van der Waals surface area contributed by atoms with Crippen LogP contribution in [0.2, 0.25) is 0 Å². The van der Waals surface area contributed by atoms with Gasteiger partial charge in [-0.05, 0) is 6.07 Å². The molecule has 2 aromatic rings. The zero-order valence-electron chi connectivity index (χ0n) is 7.48. The highest BCUT2D eigenvalue weighted by molar-refractivity contribution is 7.13. The van der Waals surface area contributed by atoms with Gasteiger partial charge < -0.3 is 9.73 Å². The Morgan fingerprint density at radius 2 is 2.50 bits per heavy atom. The van der Waals surface area contributed by atoms with E-state index in [2.05, 4.69) is 10.3 Å². The molecule has 2 heterocycles. The largest absolute Gasteiger partial charge is 0.472 e. The molecule has 0 bridgehead atoms. The Balaban J connectivity index is 2.31. The fraction of sp³-hybridized carbons (Fsp3) is 0.111. The standard InChI is InChI=1S/C9H8N2O2S/c1-10-8(12)7-5-14-9(11-7)6-2-3-13-4-6/h2-5H,1H3,(H,10,12). The van der Waals surface area contributed by atoms with Gasteiger partial charge in [-0.2, -0.15) is 0 Å². The molecular formula is C9H8N2O2S. The van der Waals surface area contributed by atoms with Gasteiger partial charge in [0.2, 0.25) is 0 Å². The zero-order valence-corrected chi connectivity index (χ0v) is 8.30. The number of amides is 1. The van der Waals surface area contributed by atoms with Crippen LogP contribution in [0.1, 0.15) is 10.5 Å². The number of hydrogen-bond acceptors (Lipinski definition) is 4. The molecule has 2 aromatic heterocycles. The number of rotatable bonds is 2. The van der Waals surface area contributed by atoms with Crippen molar-refractivity contribution < 1.29 is 9.21 Å². The molecule has 14 heavy (non-hydrogen) atoms. The number of aromatic nitrogens is 1. The van der Waals surface area contributed by atoms with Crippen molar-refractivity contribution in [1.29, 1.82) is 0 Å². The maximum Gasteiger partial charge on any atom is 0.270 e. The first-order valence-electron chi connectivity index (χ1n) is 4.01. The topological polar surface area (TPSA) is 55.1 Å². The first-order valence-corrected chi connectivity index (χ1v) is 4.89. The lowest BCUT2D eigenvalue weighted by molar-refractivity contribution is 0.0959. The highest BCUT2D eigenvalue weighted by Crippen LogP contribution is 2.23. The molecule has 4 nitrogen and oxygen atoms in total. The molecule has 5 heteroatoms. The van der Waals surface area contributed by atoms with Crippen LogP contribution in [-0.4, -0.2) is 17.9 Å². The monoisotopic (exact) mass is 208 g/mol. The fourth-order valence-electron chi connectivity index (χ4n) is 1.02. The summed E-state index contributed by atoms with van der Waals surface area (Å²) in [6.45, 7) is 0. The molecule has 0 unspecified atom stereocenters. The van der Waals surface area contributed by atoms with Gasteiger partial charge in [0, 0.05) is 18.0 Å². The highest BCUT2D eigenvalue weighted by atomic mass is 32.1. The molecule has 72 valence electrons. The van der Waals surface area contributed by atoms with E-state index in [0.717, 1.165) is 10.6 Å². The molecule has 1 amide bonds. The second kappa shape index (κ2) is 3.63. The molecule has 1 N–H and O–H groups in total. The zero-order chi connectivity index (χ0) is 9.97. The summed E-state index contributed by atoms with van der Waals surface area (Å²) in [6, 6.07) is 1.81. The molecule has 0 saturated carbocycles. The van der Waals surface area contributed by atoms with Crippen LogP contribution in [0.15, 0.2) is 28.4 Å². The Hall–Kier alpha value is -1.62. The van der Waals surface area contributed by atoms with E-state index in [9.17, 15) is 4.79 Å². The highest BCUT2D eigenvalue weighted by Gasteiger charge is 2.10. The number of carbonyl (C=O) groups excluding carboxylic acids is 1. The maximum atomic E-state index is 11.2. The molecule has 0 atom stereocenters. The van der Waals surface area contributed by atoms with E-state index in [-0.39, 0.29) is 5.91 Å². The molecule has 2 rings (SSSR count). The summed E-state index contributed by atoms with van der Waals surface area (Å²) in [7, 11) is 1.58. The van der Waals surface area contributed by atoms with E-state index < -0.39 is 0 Å². The van der Waals surface area contributed by atoms with Crippen molar-refractivity contribution in [3.63, 3.8) is 0 Å². The van der Waals surface area contributed by atoms with E-state index in [1.54, 1.807) is 25.0 Å². The predicted octanol–water partition coefficient (Wildman–Crippen LogP) is 1.76. The van der Waals surface area contributed by atoms with E-state index in [1.165, 1.54) is 11.3 Å². The third kappa shape index (κ3) is 1.54. The van der Waals surface area contributed by atoms with E-state index in [0.29, 0.717) is 5.69 Å². The lowest BCUT2D eigenvalue weighted by Crippen LogP contribution is -2.17. The third-order valence-electron chi connectivity index (χ3n) is 1.73. The third-order valence-corrected chi connectivity index (χ3v) is 2.62. The van der Waals surface area contributed by atoms with Crippen molar-refractivity contribution in [2.45, 2.75) is 0 Å². The number of nitrogens with zero attached hydrogens (tertiary/aromatic N) is 1. The first kappa shape index (κ1) is 8.96. The first-order chi connectivity index (χ1) is 6.81. The van der Waals surface area contributed by atoms with Crippen molar-refractivity contribution in [2.24, 2.45) is 0 Å². The Kier molecular flexibility index (Phi) is 2.32. The summed E-state index contributed by atoms with van der Waals surface area (Å²) in [5.41, 5.74) is 1.33. The second-order valence-corrected chi connectivity index (χ2v) is 3.49. The van der Waals surface area contributed by atoms with Crippen molar-refractivity contribution in [3.8, 4) is 10.6 Å². The number of furan rings is 1. The van der Waals surface area contributed by atoms with Gasteiger partial charge in [0.1, 0.15) is 17.0 Å². The second-order valence-electron chi connectivity index (χ2n) is 2.63. The molecular weight excluding hydrogens is 200 g/mol. The Morgan fingerprint density at radius 3 is 3.14 bits per heavy atom. The molecule has 0 fully saturated rings. The van der Waals surface area contributed by atoms with Gasteiger partial charge in [0.15, 0.2) is 0 Å². The minimum absolute atomic E-state index is 0.170. The average Bonchev–Trinajstić information content (AvgIpc) is 2.86.